The smallest absolute Gasteiger partial charge is 0.0589 e. The first-order chi connectivity index (χ1) is 6.35. The summed E-state index contributed by atoms with van der Waals surface area (Å²) in [5.41, 5.74) is 5.44. The molecule has 4 heteroatoms. The molecule has 0 rings (SSSR count). The van der Waals surface area contributed by atoms with Crippen LogP contribution in [0.25, 0.3) is 0 Å². The molecule has 0 aliphatic carbocycles. The second-order valence-electron chi connectivity index (χ2n) is 2.97. The molecule has 0 radical (unpaired) electrons. The van der Waals surface area contributed by atoms with E-state index in [0.29, 0.717) is 0 Å². The van der Waals surface area contributed by atoms with E-state index in [0.717, 1.165) is 45.8 Å². The van der Waals surface area contributed by atoms with Crippen molar-refractivity contribution in [2.45, 2.75) is 6.42 Å². The zero-order valence-electron chi connectivity index (χ0n) is 8.79. The largest absolute Gasteiger partial charge is 0.383 e. The molecule has 0 saturated carbocycles. The van der Waals surface area contributed by atoms with Crippen molar-refractivity contribution in [3.8, 4) is 0 Å². The molecule has 0 fully saturated rings. The lowest BCUT2D eigenvalue weighted by molar-refractivity contribution is 0.114. The summed E-state index contributed by atoms with van der Waals surface area (Å²) in [7, 11) is 3.44. The van der Waals surface area contributed by atoms with Crippen LogP contribution in [0.3, 0.4) is 0 Å². The average Bonchev–Trinajstić information content (AvgIpc) is 2.17. The van der Waals surface area contributed by atoms with E-state index in [1.807, 2.05) is 0 Å². The second-order valence-corrected chi connectivity index (χ2v) is 2.97. The third kappa shape index (κ3) is 8.18. The maximum absolute atomic E-state index is 5.44. The molecule has 0 aliphatic heterocycles. The summed E-state index contributed by atoms with van der Waals surface area (Å²) in [6.07, 6.45) is 1.04. The minimum Gasteiger partial charge on any atom is -0.383 e. The quantitative estimate of drug-likeness (QED) is 0.553. The Hall–Kier alpha value is -0.160. The van der Waals surface area contributed by atoms with Crippen LogP contribution < -0.4 is 5.73 Å². The standard InChI is InChI=1S/C9H22N2O2/c1-12-8-6-11(5-3-4-10)7-9-13-2/h3-10H2,1-2H3. The second kappa shape index (κ2) is 9.92. The fourth-order valence-corrected chi connectivity index (χ4v) is 1.09. The van der Waals surface area contributed by atoms with Gasteiger partial charge in [-0.05, 0) is 19.5 Å². The molecule has 80 valence electrons. The molecular weight excluding hydrogens is 168 g/mol. The molecule has 0 aromatic rings. The Morgan fingerprint density at radius 1 is 1.00 bits per heavy atom. The average molecular weight is 190 g/mol. The fourth-order valence-electron chi connectivity index (χ4n) is 1.09. The Kier molecular flexibility index (Phi) is 9.80. The molecule has 0 aliphatic rings. The fraction of sp³-hybridized carbons (Fsp3) is 1.00. The van der Waals surface area contributed by atoms with Gasteiger partial charge in [0.05, 0.1) is 13.2 Å². The van der Waals surface area contributed by atoms with Crippen LogP contribution in [0, 0.1) is 0 Å². The van der Waals surface area contributed by atoms with Gasteiger partial charge in [0.2, 0.25) is 0 Å². The highest BCUT2D eigenvalue weighted by atomic mass is 16.5. The first-order valence-corrected chi connectivity index (χ1v) is 4.75. The van der Waals surface area contributed by atoms with Crippen LogP contribution in [0.15, 0.2) is 0 Å². The van der Waals surface area contributed by atoms with E-state index < -0.39 is 0 Å². The van der Waals surface area contributed by atoms with E-state index in [9.17, 15) is 0 Å². The number of nitrogens with two attached hydrogens (primary N) is 1. The molecule has 13 heavy (non-hydrogen) atoms. The molecule has 0 atom stereocenters. The monoisotopic (exact) mass is 190 g/mol. The Bertz CT molecular complexity index is 82.6. The molecular formula is C9H22N2O2. The third-order valence-electron chi connectivity index (χ3n) is 1.90. The van der Waals surface area contributed by atoms with Crippen LogP contribution in [0.5, 0.6) is 0 Å². The van der Waals surface area contributed by atoms with Gasteiger partial charge < -0.3 is 15.2 Å². The maximum Gasteiger partial charge on any atom is 0.0589 e. The van der Waals surface area contributed by atoms with Gasteiger partial charge in [-0.15, -0.1) is 0 Å². The topological polar surface area (TPSA) is 47.7 Å². The number of ether oxygens (including phenoxy) is 2. The zero-order chi connectivity index (χ0) is 9.94. The Morgan fingerprint density at radius 3 is 1.92 bits per heavy atom. The van der Waals surface area contributed by atoms with Gasteiger partial charge in [0.15, 0.2) is 0 Å². The number of rotatable bonds is 9. The number of methoxy groups -OCH3 is 2. The van der Waals surface area contributed by atoms with E-state index in [4.69, 9.17) is 15.2 Å². The molecule has 0 heterocycles. The van der Waals surface area contributed by atoms with Crippen LogP contribution in [0.2, 0.25) is 0 Å². The number of hydrogen-bond acceptors (Lipinski definition) is 4. The van der Waals surface area contributed by atoms with Gasteiger partial charge in [-0.3, -0.25) is 4.90 Å². The summed E-state index contributed by atoms with van der Waals surface area (Å²) in [5, 5.41) is 0. The van der Waals surface area contributed by atoms with Crippen molar-refractivity contribution in [2.24, 2.45) is 5.73 Å². The molecule has 0 saturated heterocycles. The van der Waals surface area contributed by atoms with Gasteiger partial charge in [-0.1, -0.05) is 0 Å². The van der Waals surface area contributed by atoms with E-state index in [1.54, 1.807) is 14.2 Å². The van der Waals surface area contributed by atoms with Gasteiger partial charge in [-0.25, -0.2) is 0 Å². The van der Waals surface area contributed by atoms with Crippen molar-refractivity contribution in [3.63, 3.8) is 0 Å². The first kappa shape index (κ1) is 12.8. The minimum absolute atomic E-state index is 0.746. The van der Waals surface area contributed by atoms with Gasteiger partial charge >= 0.3 is 0 Å². The molecule has 0 aromatic heterocycles. The van der Waals surface area contributed by atoms with Gasteiger partial charge in [-0.2, -0.15) is 0 Å². The van der Waals surface area contributed by atoms with Crippen molar-refractivity contribution in [2.75, 3.05) is 53.6 Å². The highest BCUT2D eigenvalue weighted by molar-refractivity contribution is 4.57. The predicted molar refractivity (Wildman–Crippen MR) is 53.9 cm³/mol. The predicted octanol–water partition coefficient (Wildman–Crippen LogP) is -0.0700. The van der Waals surface area contributed by atoms with Crippen LogP contribution in [-0.2, 0) is 9.47 Å². The van der Waals surface area contributed by atoms with Crippen molar-refractivity contribution in [1.29, 1.82) is 0 Å². The Balaban J connectivity index is 3.47. The van der Waals surface area contributed by atoms with E-state index in [1.165, 1.54) is 0 Å². The van der Waals surface area contributed by atoms with Crippen molar-refractivity contribution in [1.82, 2.24) is 4.90 Å². The first-order valence-electron chi connectivity index (χ1n) is 4.75. The van der Waals surface area contributed by atoms with Crippen molar-refractivity contribution >= 4 is 0 Å². The highest BCUT2D eigenvalue weighted by Crippen LogP contribution is 1.91. The molecule has 0 bridgehead atoms. The lowest BCUT2D eigenvalue weighted by atomic mass is 10.3. The number of nitrogens with zero attached hydrogens (tertiary/aromatic N) is 1. The summed E-state index contributed by atoms with van der Waals surface area (Å²) in [6, 6.07) is 0. The molecule has 0 aromatic carbocycles. The van der Waals surface area contributed by atoms with E-state index in [2.05, 4.69) is 4.90 Å². The SMILES string of the molecule is COCCN(CCCN)CCOC. The van der Waals surface area contributed by atoms with Crippen LogP contribution in [-0.4, -0.2) is 58.5 Å². The molecule has 0 amide bonds. The zero-order valence-corrected chi connectivity index (χ0v) is 8.79. The Morgan fingerprint density at radius 2 is 1.54 bits per heavy atom. The van der Waals surface area contributed by atoms with Gasteiger partial charge in [0.1, 0.15) is 0 Å². The highest BCUT2D eigenvalue weighted by Gasteiger charge is 2.02. The van der Waals surface area contributed by atoms with Crippen molar-refractivity contribution < 1.29 is 9.47 Å². The minimum atomic E-state index is 0.746. The summed E-state index contributed by atoms with van der Waals surface area (Å²) < 4.78 is 10.0. The van der Waals surface area contributed by atoms with Crippen LogP contribution in [0.1, 0.15) is 6.42 Å². The summed E-state index contributed by atoms with van der Waals surface area (Å²) in [4.78, 5) is 2.31. The van der Waals surface area contributed by atoms with Gasteiger partial charge in [0.25, 0.3) is 0 Å². The van der Waals surface area contributed by atoms with E-state index >= 15 is 0 Å². The van der Waals surface area contributed by atoms with Gasteiger partial charge in [0, 0.05) is 27.3 Å². The molecule has 0 unspecified atom stereocenters. The Labute approximate surface area is 81.0 Å². The van der Waals surface area contributed by atoms with E-state index in [-0.39, 0.29) is 0 Å². The molecule has 4 nitrogen and oxygen atoms in total. The summed E-state index contributed by atoms with van der Waals surface area (Å²) in [5.74, 6) is 0. The third-order valence-corrected chi connectivity index (χ3v) is 1.90. The summed E-state index contributed by atoms with van der Waals surface area (Å²) in [6.45, 7) is 5.24. The lowest BCUT2D eigenvalue weighted by Gasteiger charge is -2.20. The normalized spacial score (nSPS) is 11.1. The molecule has 0 spiro atoms. The van der Waals surface area contributed by atoms with Crippen molar-refractivity contribution in [3.05, 3.63) is 0 Å². The lowest BCUT2D eigenvalue weighted by Crippen LogP contribution is -2.32. The van der Waals surface area contributed by atoms with Crippen LogP contribution in [0.4, 0.5) is 0 Å². The molecule has 2 N–H and O–H groups in total. The number of hydrogen-bond donors (Lipinski definition) is 1. The maximum atomic E-state index is 5.44. The van der Waals surface area contributed by atoms with Crippen LogP contribution >= 0.6 is 0 Å². The summed E-state index contributed by atoms with van der Waals surface area (Å²) >= 11 is 0.